The molecule has 0 spiro atoms. The second-order valence-electron chi connectivity index (χ2n) is 3.54. The Labute approximate surface area is 102 Å². The Bertz CT molecular complexity index is 490. The van der Waals surface area contributed by atoms with Gasteiger partial charge in [-0.05, 0) is 46.5 Å². The Balaban J connectivity index is 2.52. The minimum absolute atomic E-state index is 0.193. The second kappa shape index (κ2) is 4.89. The van der Waals surface area contributed by atoms with Crippen molar-refractivity contribution in [1.82, 2.24) is 0 Å². The summed E-state index contributed by atoms with van der Waals surface area (Å²) in [4.78, 5) is 0. The molecule has 16 heavy (non-hydrogen) atoms. The van der Waals surface area contributed by atoms with E-state index < -0.39 is 0 Å². The third kappa shape index (κ3) is 1.95. The molecule has 2 aromatic rings. The molecule has 3 nitrogen and oxygen atoms in total. The predicted molar refractivity (Wildman–Crippen MR) is 65.9 cm³/mol. The number of benzene rings is 1. The van der Waals surface area contributed by atoms with Crippen LogP contribution in [0, 0.1) is 0 Å². The zero-order valence-electron chi connectivity index (χ0n) is 9.00. The van der Waals surface area contributed by atoms with E-state index in [4.69, 9.17) is 14.3 Å². The number of furan rings is 1. The lowest BCUT2D eigenvalue weighted by Crippen LogP contribution is -1.93. The van der Waals surface area contributed by atoms with Gasteiger partial charge in [0.25, 0.3) is 0 Å². The van der Waals surface area contributed by atoms with E-state index in [2.05, 4.69) is 15.9 Å². The van der Waals surface area contributed by atoms with E-state index in [1.807, 2.05) is 12.1 Å². The Morgan fingerprint density at radius 2 is 2.31 bits per heavy atom. The van der Waals surface area contributed by atoms with Crippen molar-refractivity contribution in [3.05, 3.63) is 28.4 Å². The molecule has 4 heteroatoms. The van der Waals surface area contributed by atoms with Crippen LogP contribution in [0.15, 0.2) is 27.3 Å². The van der Waals surface area contributed by atoms with E-state index in [9.17, 15) is 0 Å². The molecule has 1 aromatic carbocycles. The van der Waals surface area contributed by atoms with Crippen LogP contribution >= 0.6 is 15.9 Å². The van der Waals surface area contributed by atoms with Crippen molar-refractivity contribution in [2.24, 2.45) is 0 Å². The molecule has 0 radical (unpaired) electrons. The van der Waals surface area contributed by atoms with E-state index in [0.29, 0.717) is 0 Å². The zero-order valence-corrected chi connectivity index (χ0v) is 10.6. The lowest BCUT2D eigenvalue weighted by molar-refractivity contribution is 0.288. The number of halogens is 1. The van der Waals surface area contributed by atoms with Crippen LogP contribution < -0.4 is 4.74 Å². The van der Waals surface area contributed by atoms with Gasteiger partial charge in [-0.25, -0.2) is 0 Å². The van der Waals surface area contributed by atoms with E-state index in [-0.39, 0.29) is 6.61 Å². The molecule has 1 N–H and O–H groups in total. The first kappa shape index (κ1) is 11.5. The van der Waals surface area contributed by atoms with Gasteiger partial charge in [-0.1, -0.05) is 0 Å². The van der Waals surface area contributed by atoms with Gasteiger partial charge in [0.1, 0.15) is 0 Å². The number of methoxy groups -OCH3 is 1. The molecule has 0 fully saturated rings. The van der Waals surface area contributed by atoms with E-state index >= 15 is 0 Å². The van der Waals surface area contributed by atoms with Crippen molar-refractivity contribution in [3.63, 3.8) is 0 Å². The molecule has 0 bridgehead atoms. The molecule has 0 amide bonds. The highest BCUT2D eigenvalue weighted by molar-refractivity contribution is 9.10. The summed E-state index contributed by atoms with van der Waals surface area (Å²) in [7, 11) is 1.63. The highest BCUT2D eigenvalue weighted by Crippen LogP contribution is 2.36. The van der Waals surface area contributed by atoms with Crippen LogP contribution in [-0.2, 0) is 6.42 Å². The molecular weight excluding hydrogens is 272 g/mol. The maximum absolute atomic E-state index is 8.85. The first-order valence-corrected chi connectivity index (χ1v) is 5.90. The maximum atomic E-state index is 8.85. The molecule has 0 aliphatic carbocycles. The van der Waals surface area contributed by atoms with E-state index in [1.165, 1.54) is 0 Å². The SMILES string of the molecule is COc1cc(CCCO)c(Br)c2ccoc12. The fourth-order valence-corrected chi connectivity index (χ4v) is 2.36. The molecule has 0 saturated heterocycles. The summed E-state index contributed by atoms with van der Waals surface area (Å²) in [6.07, 6.45) is 3.20. The summed E-state index contributed by atoms with van der Waals surface area (Å²) in [6.45, 7) is 0.193. The Morgan fingerprint density at radius 1 is 1.50 bits per heavy atom. The number of fused-ring (bicyclic) bond motifs is 1. The number of hydrogen-bond donors (Lipinski definition) is 1. The number of ether oxygens (including phenoxy) is 1. The second-order valence-corrected chi connectivity index (χ2v) is 4.34. The van der Waals surface area contributed by atoms with Gasteiger partial charge in [0.2, 0.25) is 0 Å². The monoisotopic (exact) mass is 284 g/mol. The molecule has 86 valence electrons. The lowest BCUT2D eigenvalue weighted by atomic mass is 10.1. The van der Waals surface area contributed by atoms with Crippen molar-refractivity contribution in [2.45, 2.75) is 12.8 Å². The van der Waals surface area contributed by atoms with Crippen molar-refractivity contribution in [2.75, 3.05) is 13.7 Å². The van der Waals surface area contributed by atoms with Crippen LogP contribution in [0.2, 0.25) is 0 Å². The summed E-state index contributed by atoms with van der Waals surface area (Å²) in [5.41, 5.74) is 1.88. The molecule has 2 rings (SSSR count). The van der Waals surface area contributed by atoms with Crippen molar-refractivity contribution >= 4 is 26.9 Å². The summed E-state index contributed by atoms with van der Waals surface area (Å²) in [6, 6.07) is 3.86. The van der Waals surface area contributed by atoms with E-state index in [1.54, 1.807) is 13.4 Å². The van der Waals surface area contributed by atoms with Crippen LogP contribution in [0.3, 0.4) is 0 Å². The predicted octanol–water partition coefficient (Wildman–Crippen LogP) is 3.13. The highest BCUT2D eigenvalue weighted by atomic mass is 79.9. The average molecular weight is 285 g/mol. The van der Waals surface area contributed by atoms with Gasteiger partial charge in [0.15, 0.2) is 11.3 Å². The summed E-state index contributed by atoms with van der Waals surface area (Å²) in [5.74, 6) is 0.733. The number of rotatable bonds is 4. The van der Waals surface area contributed by atoms with Crippen molar-refractivity contribution in [1.29, 1.82) is 0 Å². The maximum Gasteiger partial charge on any atom is 0.176 e. The van der Waals surface area contributed by atoms with Gasteiger partial charge in [-0.15, -0.1) is 0 Å². The Hall–Kier alpha value is -1.00. The molecule has 0 aliphatic rings. The fourth-order valence-electron chi connectivity index (χ4n) is 1.74. The molecular formula is C12H13BrO3. The summed E-state index contributed by atoms with van der Waals surface area (Å²) < 4.78 is 11.7. The first-order chi connectivity index (χ1) is 7.77. The average Bonchev–Trinajstić information content (AvgIpc) is 2.78. The molecule has 1 heterocycles. The normalized spacial score (nSPS) is 10.9. The fraction of sp³-hybridized carbons (Fsp3) is 0.333. The van der Waals surface area contributed by atoms with Crippen LogP contribution in [0.5, 0.6) is 5.75 Å². The highest BCUT2D eigenvalue weighted by Gasteiger charge is 2.12. The minimum atomic E-state index is 0.193. The Morgan fingerprint density at radius 3 is 3.00 bits per heavy atom. The van der Waals surface area contributed by atoms with Crippen LogP contribution in [0.4, 0.5) is 0 Å². The quantitative estimate of drug-likeness (QED) is 0.938. The van der Waals surface area contributed by atoms with Crippen LogP contribution in [0.1, 0.15) is 12.0 Å². The molecule has 0 unspecified atom stereocenters. The molecule has 0 atom stereocenters. The third-order valence-electron chi connectivity index (χ3n) is 2.54. The molecule has 0 aliphatic heterocycles. The largest absolute Gasteiger partial charge is 0.493 e. The van der Waals surface area contributed by atoms with Crippen LogP contribution in [0.25, 0.3) is 11.0 Å². The van der Waals surface area contributed by atoms with Gasteiger partial charge in [0.05, 0.1) is 13.4 Å². The topological polar surface area (TPSA) is 42.6 Å². The van der Waals surface area contributed by atoms with Crippen molar-refractivity contribution in [3.8, 4) is 5.75 Å². The van der Waals surface area contributed by atoms with Gasteiger partial charge in [-0.3, -0.25) is 0 Å². The number of aliphatic hydroxyl groups excluding tert-OH is 1. The minimum Gasteiger partial charge on any atom is -0.493 e. The zero-order chi connectivity index (χ0) is 11.5. The van der Waals surface area contributed by atoms with Gasteiger partial charge in [-0.2, -0.15) is 0 Å². The number of aryl methyl sites for hydroxylation is 1. The number of aliphatic hydroxyl groups is 1. The van der Waals surface area contributed by atoms with Crippen molar-refractivity contribution < 1.29 is 14.3 Å². The number of hydrogen-bond acceptors (Lipinski definition) is 3. The van der Waals surface area contributed by atoms with E-state index in [0.717, 1.165) is 39.6 Å². The molecule has 0 saturated carbocycles. The third-order valence-corrected chi connectivity index (χ3v) is 3.47. The molecule has 1 aromatic heterocycles. The Kier molecular flexibility index (Phi) is 3.51. The van der Waals surface area contributed by atoms with Gasteiger partial charge >= 0.3 is 0 Å². The van der Waals surface area contributed by atoms with Crippen LogP contribution in [-0.4, -0.2) is 18.8 Å². The standard InChI is InChI=1S/C12H13BrO3/c1-15-10-7-8(3-2-5-14)11(13)9-4-6-16-12(9)10/h4,6-7,14H,2-3,5H2,1H3. The van der Waals surface area contributed by atoms with Gasteiger partial charge in [0, 0.05) is 16.5 Å². The first-order valence-electron chi connectivity index (χ1n) is 5.11. The lowest BCUT2D eigenvalue weighted by Gasteiger charge is -2.08. The summed E-state index contributed by atoms with van der Waals surface area (Å²) >= 11 is 3.56. The summed E-state index contributed by atoms with van der Waals surface area (Å²) in [5, 5.41) is 9.86. The smallest absolute Gasteiger partial charge is 0.176 e. The van der Waals surface area contributed by atoms with Gasteiger partial charge < -0.3 is 14.3 Å².